The second-order valence-corrected chi connectivity index (χ2v) is 5.79. The largest absolute Gasteiger partial charge is 0.497 e. The summed E-state index contributed by atoms with van der Waals surface area (Å²) in [5.74, 6) is 0.669. The van der Waals surface area contributed by atoms with Crippen molar-refractivity contribution < 1.29 is 23.0 Å². The van der Waals surface area contributed by atoms with E-state index in [4.69, 9.17) is 14.6 Å². The van der Waals surface area contributed by atoms with Gasteiger partial charge in [0.1, 0.15) is 16.4 Å². The Hall–Kier alpha value is -1.31. The van der Waals surface area contributed by atoms with E-state index in [2.05, 4.69) is 4.72 Å². The summed E-state index contributed by atoms with van der Waals surface area (Å²) in [5.41, 5.74) is 0. The number of aliphatic hydroxyl groups is 1. The van der Waals surface area contributed by atoms with E-state index in [0.29, 0.717) is 12.2 Å². The van der Waals surface area contributed by atoms with Crippen LogP contribution in [0.5, 0.6) is 11.5 Å². The Labute approximate surface area is 113 Å². The Balaban J connectivity index is 2.98. The van der Waals surface area contributed by atoms with Crippen LogP contribution in [0.15, 0.2) is 23.1 Å². The number of ether oxygens (including phenoxy) is 2. The summed E-state index contributed by atoms with van der Waals surface area (Å²) >= 11 is 0. The summed E-state index contributed by atoms with van der Waals surface area (Å²) < 4.78 is 36.7. The van der Waals surface area contributed by atoms with Crippen LogP contribution in [-0.2, 0) is 10.0 Å². The van der Waals surface area contributed by atoms with E-state index >= 15 is 0 Å². The predicted octanol–water partition coefficient (Wildman–Crippen LogP) is 0.753. The van der Waals surface area contributed by atoms with Gasteiger partial charge in [0, 0.05) is 12.6 Å². The highest BCUT2D eigenvalue weighted by atomic mass is 32.2. The van der Waals surface area contributed by atoms with Crippen LogP contribution in [0.1, 0.15) is 13.3 Å². The lowest BCUT2D eigenvalue weighted by Crippen LogP contribution is -2.27. The highest BCUT2D eigenvalue weighted by molar-refractivity contribution is 7.89. The van der Waals surface area contributed by atoms with E-state index < -0.39 is 16.1 Å². The van der Waals surface area contributed by atoms with Gasteiger partial charge >= 0.3 is 0 Å². The lowest BCUT2D eigenvalue weighted by molar-refractivity contribution is 0.186. The van der Waals surface area contributed by atoms with Crippen molar-refractivity contribution in [3.8, 4) is 11.5 Å². The van der Waals surface area contributed by atoms with Crippen molar-refractivity contribution in [2.24, 2.45) is 0 Å². The van der Waals surface area contributed by atoms with E-state index in [0.717, 1.165) is 0 Å². The molecular weight excluding hydrogens is 270 g/mol. The first-order chi connectivity index (χ1) is 8.90. The Morgan fingerprint density at radius 3 is 2.53 bits per heavy atom. The molecule has 0 aliphatic heterocycles. The SMILES string of the molecule is COc1ccc(OC)c(S(=O)(=O)NCCC(C)O)c1. The Morgan fingerprint density at radius 2 is 2.00 bits per heavy atom. The van der Waals surface area contributed by atoms with Crippen molar-refractivity contribution in [3.63, 3.8) is 0 Å². The average molecular weight is 289 g/mol. The number of hydrogen-bond acceptors (Lipinski definition) is 5. The van der Waals surface area contributed by atoms with E-state index in [9.17, 15) is 8.42 Å². The molecule has 0 aliphatic carbocycles. The maximum Gasteiger partial charge on any atom is 0.244 e. The number of sulfonamides is 1. The maximum absolute atomic E-state index is 12.1. The van der Waals surface area contributed by atoms with Crippen LogP contribution in [0.2, 0.25) is 0 Å². The first-order valence-corrected chi connectivity index (χ1v) is 7.28. The van der Waals surface area contributed by atoms with Crippen LogP contribution < -0.4 is 14.2 Å². The molecule has 19 heavy (non-hydrogen) atoms. The Bertz CT molecular complexity index is 513. The molecule has 1 unspecified atom stereocenters. The van der Waals surface area contributed by atoms with E-state index in [1.54, 1.807) is 13.0 Å². The lowest BCUT2D eigenvalue weighted by atomic mass is 10.3. The molecule has 0 aromatic heterocycles. The zero-order chi connectivity index (χ0) is 14.5. The van der Waals surface area contributed by atoms with Gasteiger partial charge < -0.3 is 14.6 Å². The van der Waals surface area contributed by atoms with Crippen molar-refractivity contribution in [3.05, 3.63) is 18.2 Å². The molecule has 0 fully saturated rings. The first-order valence-electron chi connectivity index (χ1n) is 5.80. The summed E-state index contributed by atoms with van der Waals surface area (Å²) in [4.78, 5) is 0.0138. The van der Waals surface area contributed by atoms with Crippen molar-refractivity contribution in [2.45, 2.75) is 24.3 Å². The zero-order valence-corrected chi connectivity index (χ0v) is 12.0. The Morgan fingerprint density at radius 1 is 1.32 bits per heavy atom. The van der Waals surface area contributed by atoms with Gasteiger partial charge in [-0.25, -0.2) is 13.1 Å². The third-order valence-electron chi connectivity index (χ3n) is 2.51. The first kappa shape index (κ1) is 15.7. The highest BCUT2D eigenvalue weighted by Crippen LogP contribution is 2.27. The molecule has 0 spiro atoms. The van der Waals surface area contributed by atoms with E-state index in [1.807, 2.05) is 0 Å². The molecular formula is C12H19NO5S. The van der Waals surface area contributed by atoms with Gasteiger partial charge in [0.05, 0.1) is 20.3 Å². The monoisotopic (exact) mass is 289 g/mol. The predicted molar refractivity (Wildman–Crippen MR) is 71.0 cm³/mol. The van der Waals surface area contributed by atoms with Crippen molar-refractivity contribution >= 4 is 10.0 Å². The second kappa shape index (κ2) is 6.74. The second-order valence-electron chi connectivity index (χ2n) is 4.05. The lowest BCUT2D eigenvalue weighted by Gasteiger charge is -2.12. The fraction of sp³-hybridized carbons (Fsp3) is 0.500. The van der Waals surface area contributed by atoms with Crippen LogP contribution in [0.25, 0.3) is 0 Å². The molecule has 0 radical (unpaired) electrons. The van der Waals surface area contributed by atoms with Crippen molar-refractivity contribution in [2.75, 3.05) is 20.8 Å². The van der Waals surface area contributed by atoms with Gasteiger partial charge in [0.2, 0.25) is 10.0 Å². The van der Waals surface area contributed by atoms with Gasteiger partial charge in [-0.1, -0.05) is 0 Å². The summed E-state index contributed by atoms with van der Waals surface area (Å²) in [7, 11) is -0.841. The number of aliphatic hydroxyl groups excluding tert-OH is 1. The molecule has 1 rings (SSSR count). The fourth-order valence-corrected chi connectivity index (χ4v) is 2.70. The van der Waals surface area contributed by atoms with Crippen LogP contribution in [0.4, 0.5) is 0 Å². The minimum absolute atomic E-state index is 0.0138. The zero-order valence-electron chi connectivity index (χ0n) is 11.2. The molecule has 108 valence electrons. The molecule has 0 heterocycles. The van der Waals surface area contributed by atoms with Gasteiger partial charge in [-0.2, -0.15) is 0 Å². The third-order valence-corrected chi connectivity index (χ3v) is 4.00. The molecule has 1 aromatic carbocycles. The molecule has 0 saturated carbocycles. The average Bonchev–Trinajstić information content (AvgIpc) is 2.37. The molecule has 0 amide bonds. The van der Waals surface area contributed by atoms with Gasteiger partial charge in [-0.3, -0.25) is 0 Å². The number of rotatable bonds is 7. The molecule has 0 saturated heterocycles. The molecule has 0 aliphatic rings. The summed E-state index contributed by atoms with van der Waals surface area (Å²) in [5, 5.41) is 9.12. The highest BCUT2D eigenvalue weighted by Gasteiger charge is 2.20. The molecule has 6 nitrogen and oxygen atoms in total. The molecule has 0 bridgehead atoms. The summed E-state index contributed by atoms with van der Waals surface area (Å²) in [6.07, 6.45) is -0.221. The number of methoxy groups -OCH3 is 2. The number of nitrogens with one attached hydrogen (secondary N) is 1. The van der Waals surface area contributed by atoms with Crippen molar-refractivity contribution in [1.82, 2.24) is 4.72 Å². The normalized spacial score (nSPS) is 13.1. The number of benzene rings is 1. The molecule has 2 N–H and O–H groups in total. The number of hydrogen-bond donors (Lipinski definition) is 2. The van der Waals surface area contributed by atoms with Crippen LogP contribution in [-0.4, -0.2) is 40.4 Å². The van der Waals surface area contributed by atoms with Crippen LogP contribution in [0, 0.1) is 0 Å². The molecule has 1 aromatic rings. The summed E-state index contributed by atoms with van der Waals surface area (Å²) in [6, 6.07) is 4.54. The smallest absolute Gasteiger partial charge is 0.244 e. The van der Waals surface area contributed by atoms with Crippen LogP contribution >= 0.6 is 0 Å². The van der Waals surface area contributed by atoms with E-state index in [-0.39, 0.29) is 17.2 Å². The fourth-order valence-electron chi connectivity index (χ4n) is 1.47. The maximum atomic E-state index is 12.1. The standard InChI is InChI=1S/C12H19NO5S/c1-9(14)6-7-13-19(15,16)12-8-10(17-2)4-5-11(12)18-3/h4-5,8-9,13-14H,6-7H2,1-3H3. The molecule has 1 atom stereocenters. The quantitative estimate of drug-likeness (QED) is 0.774. The van der Waals surface area contributed by atoms with Gasteiger partial charge in [0.15, 0.2) is 0 Å². The molecule has 7 heteroatoms. The van der Waals surface area contributed by atoms with Gasteiger partial charge in [-0.15, -0.1) is 0 Å². The van der Waals surface area contributed by atoms with Gasteiger partial charge in [-0.05, 0) is 25.5 Å². The minimum atomic E-state index is -3.70. The topological polar surface area (TPSA) is 84.9 Å². The Kier molecular flexibility index (Phi) is 5.59. The minimum Gasteiger partial charge on any atom is -0.497 e. The van der Waals surface area contributed by atoms with Crippen LogP contribution in [0.3, 0.4) is 0 Å². The van der Waals surface area contributed by atoms with Crippen molar-refractivity contribution in [1.29, 1.82) is 0 Å². The summed E-state index contributed by atoms with van der Waals surface area (Å²) in [6.45, 7) is 1.75. The third kappa shape index (κ3) is 4.38. The van der Waals surface area contributed by atoms with E-state index in [1.165, 1.54) is 26.4 Å². The van der Waals surface area contributed by atoms with Gasteiger partial charge in [0.25, 0.3) is 0 Å².